The predicted molar refractivity (Wildman–Crippen MR) is 133 cm³/mol. The van der Waals surface area contributed by atoms with Gasteiger partial charge in [0.05, 0.1) is 17.0 Å². The van der Waals surface area contributed by atoms with Gasteiger partial charge in [0.1, 0.15) is 23.6 Å². The van der Waals surface area contributed by atoms with E-state index >= 15 is 0 Å². The summed E-state index contributed by atoms with van der Waals surface area (Å²) in [6.45, 7) is 1.63. The average molecular weight is 472 g/mol. The van der Waals surface area contributed by atoms with Crippen molar-refractivity contribution in [2.24, 2.45) is 0 Å². The Morgan fingerprint density at radius 2 is 1.88 bits per heavy atom. The van der Waals surface area contributed by atoms with Crippen LogP contribution in [0.2, 0.25) is 5.02 Å². The van der Waals surface area contributed by atoms with Crippen molar-refractivity contribution in [1.29, 1.82) is 0 Å². The summed E-state index contributed by atoms with van der Waals surface area (Å²) in [6, 6.07) is 18.7. The van der Waals surface area contributed by atoms with Gasteiger partial charge in [-0.1, -0.05) is 29.8 Å². The fraction of sp³-hybridized carbons (Fsp3) is 0.222. The second-order valence-corrected chi connectivity index (χ2v) is 8.99. The maximum Gasteiger partial charge on any atom is 0.141 e. The Labute approximate surface area is 203 Å². The number of rotatable bonds is 3. The van der Waals surface area contributed by atoms with Crippen LogP contribution in [-0.2, 0) is 6.42 Å². The van der Waals surface area contributed by atoms with Gasteiger partial charge in [0.2, 0.25) is 0 Å². The van der Waals surface area contributed by atoms with E-state index in [-0.39, 0.29) is 12.0 Å². The number of hydrogen-bond donors (Lipinski definition) is 1. The molecule has 6 rings (SSSR count). The van der Waals surface area contributed by atoms with Crippen LogP contribution in [-0.4, -0.2) is 34.2 Å². The third-order valence-electron chi connectivity index (χ3n) is 6.55. The number of pyridine rings is 1. The van der Waals surface area contributed by atoms with Crippen molar-refractivity contribution in [1.82, 2.24) is 15.0 Å². The fourth-order valence-corrected chi connectivity index (χ4v) is 5.14. The molecule has 2 aliphatic rings. The summed E-state index contributed by atoms with van der Waals surface area (Å²) >= 11 is 6.46. The molecule has 7 heteroatoms. The number of aromatic nitrogens is 3. The van der Waals surface area contributed by atoms with Gasteiger partial charge >= 0.3 is 0 Å². The van der Waals surface area contributed by atoms with Crippen molar-refractivity contribution < 1.29 is 4.39 Å². The van der Waals surface area contributed by atoms with E-state index in [4.69, 9.17) is 16.6 Å². The molecule has 0 aliphatic carbocycles. The van der Waals surface area contributed by atoms with Crippen LogP contribution in [0.3, 0.4) is 0 Å². The summed E-state index contributed by atoms with van der Waals surface area (Å²) in [5.41, 5.74) is 4.32. The van der Waals surface area contributed by atoms with Crippen LogP contribution in [0.4, 0.5) is 15.9 Å². The summed E-state index contributed by atoms with van der Waals surface area (Å²) in [4.78, 5) is 17.6. The van der Waals surface area contributed by atoms with Gasteiger partial charge in [-0.05, 0) is 61.7 Å². The van der Waals surface area contributed by atoms with Gasteiger partial charge in [0.25, 0.3) is 0 Å². The van der Waals surface area contributed by atoms with Gasteiger partial charge < -0.3 is 14.8 Å². The SMILES string of the molecule is Fc1ccccc1-c1nc2c([nH]1)-c1cc(Cl)ccc1N(C1C[C]CCN1c1ccccn1)CC2. The molecule has 4 aromatic rings. The molecule has 2 aromatic carbocycles. The van der Waals surface area contributed by atoms with E-state index in [1.807, 2.05) is 36.5 Å². The molecule has 1 fully saturated rings. The molecule has 1 saturated heterocycles. The molecular weight excluding hydrogens is 449 g/mol. The first-order valence-corrected chi connectivity index (χ1v) is 11.9. The van der Waals surface area contributed by atoms with Crippen LogP contribution >= 0.6 is 11.6 Å². The number of fused-ring (bicyclic) bond motifs is 3. The normalized spacial score (nSPS) is 17.8. The monoisotopic (exact) mass is 471 g/mol. The molecule has 1 N–H and O–H groups in total. The third kappa shape index (κ3) is 3.72. The summed E-state index contributed by atoms with van der Waals surface area (Å²) in [5.74, 6) is 1.21. The van der Waals surface area contributed by atoms with Gasteiger partial charge in [-0.2, -0.15) is 0 Å². The maximum absolute atomic E-state index is 14.5. The first kappa shape index (κ1) is 21.2. The van der Waals surface area contributed by atoms with Crippen molar-refractivity contribution in [2.45, 2.75) is 25.4 Å². The van der Waals surface area contributed by atoms with E-state index in [0.717, 1.165) is 60.8 Å². The molecule has 4 heterocycles. The molecular formula is C27H23ClFN5. The minimum atomic E-state index is -0.293. The number of aromatic amines is 1. The van der Waals surface area contributed by atoms with Crippen molar-refractivity contribution in [3.8, 4) is 22.6 Å². The molecule has 2 aromatic heterocycles. The number of halogens is 2. The van der Waals surface area contributed by atoms with E-state index in [1.54, 1.807) is 12.1 Å². The van der Waals surface area contributed by atoms with E-state index in [2.05, 4.69) is 38.3 Å². The highest BCUT2D eigenvalue weighted by atomic mass is 35.5. The number of nitrogens with zero attached hydrogens (tertiary/aromatic N) is 4. The molecule has 5 nitrogen and oxygen atoms in total. The number of H-pyrrole nitrogens is 1. The lowest BCUT2D eigenvalue weighted by atomic mass is 10.0. The van der Waals surface area contributed by atoms with Crippen LogP contribution in [0.1, 0.15) is 18.5 Å². The predicted octanol–water partition coefficient (Wildman–Crippen LogP) is 6.00. The van der Waals surface area contributed by atoms with Crippen molar-refractivity contribution in [3.05, 3.63) is 89.8 Å². The van der Waals surface area contributed by atoms with Crippen LogP contribution in [0.5, 0.6) is 0 Å². The number of hydrogen-bond acceptors (Lipinski definition) is 4. The topological polar surface area (TPSA) is 48.1 Å². The maximum atomic E-state index is 14.5. The quantitative estimate of drug-likeness (QED) is 0.398. The van der Waals surface area contributed by atoms with Gasteiger partial charge in [-0.3, -0.25) is 0 Å². The fourth-order valence-electron chi connectivity index (χ4n) is 4.97. The lowest BCUT2D eigenvalue weighted by Gasteiger charge is -2.44. The van der Waals surface area contributed by atoms with Crippen molar-refractivity contribution in [3.63, 3.8) is 0 Å². The van der Waals surface area contributed by atoms with Crippen LogP contribution in [0.15, 0.2) is 66.9 Å². The minimum absolute atomic E-state index is 0.0821. The molecule has 1 unspecified atom stereocenters. The number of piperidine rings is 1. The summed E-state index contributed by atoms with van der Waals surface area (Å²) < 4.78 is 14.5. The Bertz CT molecular complexity index is 1320. The lowest BCUT2D eigenvalue weighted by Crippen LogP contribution is -2.52. The van der Waals surface area contributed by atoms with Crippen molar-refractivity contribution in [2.75, 3.05) is 22.9 Å². The molecule has 2 radical (unpaired) electrons. The lowest BCUT2D eigenvalue weighted by molar-refractivity contribution is 0.494. The van der Waals surface area contributed by atoms with E-state index in [1.165, 1.54) is 6.07 Å². The molecule has 0 spiro atoms. The van der Waals surface area contributed by atoms with Crippen molar-refractivity contribution >= 4 is 23.1 Å². The molecule has 0 bridgehead atoms. The molecule has 0 amide bonds. The third-order valence-corrected chi connectivity index (χ3v) is 6.79. The zero-order valence-electron chi connectivity index (χ0n) is 18.5. The van der Waals surface area contributed by atoms with E-state index in [0.29, 0.717) is 16.4 Å². The minimum Gasteiger partial charge on any atom is -0.350 e. The second-order valence-electron chi connectivity index (χ2n) is 8.56. The Kier molecular flexibility index (Phi) is 5.46. The summed E-state index contributed by atoms with van der Waals surface area (Å²) in [5, 5.41) is 0.650. The molecule has 170 valence electrons. The Balaban J connectivity index is 1.44. The first-order valence-electron chi connectivity index (χ1n) is 11.5. The van der Waals surface area contributed by atoms with Gasteiger partial charge in [0.15, 0.2) is 0 Å². The van der Waals surface area contributed by atoms with Crippen LogP contribution < -0.4 is 9.80 Å². The highest BCUT2D eigenvalue weighted by Gasteiger charge is 2.33. The molecule has 1 atom stereocenters. The molecule has 0 saturated carbocycles. The van der Waals surface area contributed by atoms with Crippen LogP contribution in [0, 0.1) is 12.2 Å². The van der Waals surface area contributed by atoms with Gasteiger partial charge in [0, 0.05) is 42.0 Å². The summed E-state index contributed by atoms with van der Waals surface area (Å²) in [7, 11) is 0. The summed E-state index contributed by atoms with van der Waals surface area (Å²) in [6.07, 6.45) is 7.89. The zero-order chi connectivity index (χ0) is 23.1. The van der Waals surface area contributed by atoms with E-state index in [9.17, 15) is 4.39 Å². The van der Waals surface area contributed by atoms with E-state index < -0.39 is 0 Å². The largest absolute Gasteiger partial charge is 0.350 e. The average Bonchev–Trinajstić information content (AvgIpc) is 3.23. The van der Waals surface area contributed by atoms with Gasteiger partial charge in [-0.25, -0.2) is 14.4 Å². The zero-order valence-corrected chi connectivity index (χ0v) is 19.3. The number of anilines is 2. The second kappa shape index (κ2) is 8.76. The Hall–Kier alpha value is -3.38. The number of imidazole rings is 1. The van der Waals surface area contributed by atoms with Crippen LogP contribution in [0.25, 0.3) is 22.6 Å². The van der Waals surface area contributed by atoms with Gasteiger partial charge in [-0.15, -0.1) is 0 Å². The Morgan fingerprint density at radius 1 is 1.00 bits per heavy atom. The highest BCUT2D eigenvalue weighted by Crippen LogP contribution is 2.41. The molecule has 2 aliphatic heterocycles. The smallest absolute Gasteiger partial charge is 0.141 e. The highest BCUT2D eigenvalue weighted by molar-refractivity contribution is 6.31. The Morgan fingerprint density at radius 3 is 2.74 bits per heavy atom. The number of benzene rings is 2. The number of nitrogens with one attached hydrogen (secondary N) is 1. The molecule has 34 heavy (non-hydrogen) atoms. The standard InChI is InChI=1S/C27H23ClFN5/c28-18-11-12-23-20(17-18)26-22(31-27(32-26)19-7-1-2-8-21(19)29)13-16-33(23)25-10-4-6-15-34(25)24-9-3-5-14-30-24/h1-3,5,7-9,11-12,14,17,25H,6,10,13,15-16H2,(H,31,32). The first-order chi connectivity index (χ1) is 16.7.